The number of hydrogen-bond donors (Lipinski definition) is 1. The van der Waals surface area contributed by atoms with Crippen LogP contribution in [0.5, 0.6) is 0 Å². The van der Waals surface area contributed by atoms with Gasteiger partial charge in [0.05, 0.1) is 0 Å². The number of aromatic nitrogens is 4. The molecule has 0 bridgehead atoms. The lowest BCUT2D eigenvalue weighted by atomic mass is 10.1. The Labute approximate surface area is 114 Å². The van der Waals surface area contributed by atoms with Crippen molar-refractivity contribution in [2.45, 2.75) is 13.1 Å². The summed E-state index contributed by atoms with van der Waals surface area (Å²) in [4.78, 5) is 0.0989. The van der Waals surface area contributed by atoms with Gasteiger partial charge in [-0.25, -0.2) is 0 Å². The summed E-state index contributed by atoms with van der Waals surface area (Å²) < 4.78 is 38.8. The second-order valence-electron chi connectivity index (χ2n) is 4.19. The molecule has 3 aromatic rings. The van der Waals surface area contributed by atoms with Gasteiger partial charge in [0, 0.05) is 11.3 Å². The monoisotopic (exact) mass is 299 g/mol. The number of benzene rings is 1. The summed E-state index contributed by atoms with van der Waals surface area (Å²) >= 11 is 1.04. The van der Waals surface area contributed by atoms with E-state index in [2.05, 4.69) is 15.3 Å². The summed E-state index contributed by atoms with van der Waals surface area (Å²) in [6.45, 7) is 1.82. The van der Waals surface area contributed by atoms with Crippen molar-refractivity contribution >= 4 is 22.0 Å². The maximum atomic E-state index is 12.7. The van der Waals surface area contributed by atoms with Gasteiger partial charge in [-0.15, -0.1) is 10.2 Å². The first-order chi connectivity index (χ1) is 9.36. The van der Waals surface area contributed by atoms with E-state index in [4.69, 9.17) is 5.73 Å². The number of nitrogens with zero attached hydrogens (tertiary/aromatic N) is 4. The Morgan fingerprint density at radius 1 is 1.25 bits per heavy atom. The zero-order valence-electron chi connectivity index (χ0n) is 10.1. The number of halogens is 3. The van der Waals surface area contributed by atoms with E-state index in [9.17, 15) is 13.2 Å². The molecule has 2 heterocycles. The molecule has 20 heavy (non-hydrogen) atoms. The molecule has 0 saturated heterocycles. The number of nitrogen functional groups attached to an aromatic ring is 1. The summed E-state index contributed by atoms with van der Waals surface area (Å²) in [5.41, 5.74) is 7.86. The Balaban J connectivity index is 2.14. The fraction of sp³-hybridized carbons (Fsp3) is 0.182. The van der Waals surface area contributed by atoms with Crippen molar-refractivity contribution in [3.05, 3.63) is 29.6 Å². The molecule has 0 saturated carbocycles. The van der Waals surface area contributed by atoms with Crippen molar-refractivity contribution in [2.24, 2.45) is 0 Å². The van der Waals surface area contributed by atoms with Crippen LogP contribution in [0.1, 0.15) is 11.4 Å². The van der Waals surface area contributed by atoms with E-state index in [0.717, 1.165) is 16.9 Å². The van der Waals surface area contributed by atoms with Crippen LogP contribution in [0.15, 0.2) is 18.2 Å². The van der Waals surface area contributed by atoms with Crippen LogP contribution < -0.4 is 5.73 Å². The number of hydrogen-bond acceptors (Lipinski definition) is 5. The minimum atomic E-state index is -4.58. The van der Waals surface area contributed by atoms with Crippen LogP contribution in [-0.2, 0) is 6.18 Å². The smallest absolute Gasteiger partial charge is 0.399 e. The zero-order chi connectivity index (χ0) is 14.5. The molecule has 0 unspecified atom stereocenters. The number of alkyl halides is 3. The average Bonchev–Trinajstić information content (AvgIpc) is 2.90. The van der Waals surface area contributed by atoms with Crippen molar-refractivity contribution in [1.29, 1.82) is 0 Å². The summed E-state index contributed by atoms with van der Waals surface area (Å²) in [5, 5.41) is 11.0. The number of aryl methyl sites for hydroxylation is 1. The van der Waals surface area contributed by atoms with Gasteiger partial charge >= 0.3 is 6.18 Å². The highest BCUT2D eigenvalue weighted by Gasteiger charge is 2.38. The van der Waals surface area contributed by atoms with Crippen molar-refractivity contribution in [1.82, 2.24) is 19.8 Å². The highest BCUT2D eigenvalue weighted by atomic mass is 32.1. The SMILES string of the molecule is Cc1cc(-c2nn3c(C(F)(F)F)nnc3s2)ccc1N. The van der Waals surface area contributed by atoms with Crippen LogP contribution in [0.3, 0.4) is 0 Å². The van der Waals surface area contributed by atoms with Gasteiger partial charge in [0.2, 0.25) is 4.96 Å². The second kappa shape index (κ2) is 4.17. The van der Waals surface area contributed by atoms with Gasteiger partial charge in [-0.2, -0.15) is 22.8 Å². The fourth-order valence-electron chi connectivity index (χ4n) is 1.72. The van der Waals surface area contributed by atoms with Gasteiger partial charge < -0.3 is 5.73 Å². The summed E-state index contributed by atoms with van der Waals surface area (Å²) in [6.07, 6.45) is -4.58. The molecule has 0 aliphatic carbocycles. The molecular formula is C11H8F3N5S. The predicted octanol–water partition coefficient (Wildman–Crippen LogP) is 2.76. The zero-order valence-corrected chi connectivity index (χ0v) is 11.0. The Kier molecular flexibility index (Phi) is 2.68. The largest absolute Gasteiger partial charge is 0.453 e. The lowest BCUT2D eigenvalue weighted by Crippen LogP contribution is -2.11. The van der Waals surface area contributed by atoms with Crippen molar-refractivity contribution in [3.8, 4) is 10.6 Å². The first-order valence-electron chi connectivity index (χ1n) is 5.52. The number of fused-ring (bicyclic) bond motifs is 1. The topological polar surface area (TPSA) is 69.1 Å². The molecule has 9 heteroatoms. The summed E-state index contributed by atoms with van der Waals surface area (Å²) in [7, 11) is 0. The van der Waals surface area contributed by atoms with Gasteiger partial charge in [-0.05, 0) is 30.7 Å². The van der Waals surface area contributed by atoms with Crippen molar-refractivity contribution in [3.63, 3.8) is 0 Å². The van der Waals surface area contributed by atoms with E-state index < -0.39 is 12.0 Å². The number of rotatable bonds is 1. The summed E-state index contributed by atoms with van der Waals surface area (Å²) in [6, 6.07) is 5.17. The van der Waals surface area contributed by atoms with Gasteiger partial charge in [0.25, 0.3) is 5.82 Å². The molecule has 0 amide bonds. The Morgan fingerprint density at radius 3 is 2.65 bits per heavy atom. The molecule has 1 aromatic carbocycles. The molecule has 2 aromatic heterocycles. The van der Waals surface area contributed by atoms with Crippen LogP contribution in [-0.4, -0.2) is 19.8 Å². The van der Waals surface area contributed by atoms with E-state index in [1.54, 1.807) is 18.2 Å². The number of anilines is 1. The first kappa shape index (κ1) is 12.9. The minimum Gasteiger partial charge on any atom is -0.399 e. The first-order valence-corrected chi connectivity index (χ1v) is 6.34. The third-order valence-electron chi connectivity index (χ3n) is 2.76. The molecule has 104 valence electrons. The minimum absolute atomic E-state index is 0.0989. The van der Waals surface area contributed by atoms with E-state index in [1.165, 1.54) is 0 Å². The molecule has 0 atom stereocenters. The van der Waals surface area contributed by atoms with Crippen molar-refractivity contribution in [2.75, 3.05) is 5.73 Å². The summed E-state index contributed by atoms with van der Waals surface area (Å²) in [5.74, 6) is -1.12. The van der Waals surface area contributed by atoms with E-state index >= 15 is 0 Å². The average molecular weight is 299 g/mol. The lowest BCUT2D eigenvalue weighted by Gasteiger charge is -2.02. The normalized spacial score (nSPS) is 12.2. The molecular weight excluding hydrogens is 291 g/mol. The molecule has 3 rings (SSSR count). The van der Waals surface area contributed by atoms with Crippen LogP contribution in [0.2, 0.25) is 0 Å². The van der Waals surface area contributed by atoms with Gasteiger partial charge in [0.1, 0.15) is 5.01 Å². The van der Waals surface area contributed by atoms with Gasteiger partial charge in [-0.1, -0.05) is 11.3 Å². The molecule has 0 spiro atoms. The fourth-order valence-corrected chi connectivity index (χ4v) is 2.55. The van der Waals surface area contributed by atoms with Crippen LogP contribution >= 0.6 is 11.3 Å². The highest BCUT2D eigenvalue weighted by molar-refractivity contribution is 7.19. The third-order valence-corrected chi connectivity index (χ3v) is 3.71. The molecule has 2 N–H and O–H groups in total. The molecule has 0 fully saturated rings. The molecule has 5 nitrogen and oxygen atoms in total. The third kappa shape index (κ3) is 1.99. The lowest BCUT2D eigenvalue weighted by molar-refractivity contribution is -0.146. The highest BCUT2D eigenvalue weighted by Crippen LogP contribution is 2.32. The van der Waals surface area contributed by atoms with E-state index in [-0.39, 0.29) is 4.96 Å². The Bertz CT molecular complexity index is 789. The molecule has 0 aliphatic heterocycles. The Morgan fingerprint density at radius 2 is 2.00 bits per heavy atom. The van der Waals surface area contributed by atoms with Crippen molar-refractivity contribution < 1.29 is 13.2 Å². The number of nitrogens with two attached hydrogens (primary N) is 1. The maximum Gasteiger partial charge on any atom is 0.453 e. The van der Waals surface area contributed by atoms with Crippen LogP contribution in [0.25, 0.3) is 15.5 Å². The van der Waals surface area contributed by atoms with Gasteiger partial charge in [-0.3, -0.25) is 0 Å². The predicted molar refractivity (Wildman–Crippen MR) is 68.2 cm³/mol. The van der Waals surface area contributed by atoms with Crippen LogP contribution in [0, 0.1) is 6.92 Å². The second-order valence-corrected chi connectivity index (χ2v) is 5.15. The molecule has 0 aliphatic rings. The van der Waals surface area contributed by atoms with Crippen LogP contribution in [0.4, 0.5) is 18.9 Å². The standard InChI is InChI=1S/C11H8F3N5S/c1-5-4-6(2-3-7(5)15)8-18-19-9(11(12,13)14)16-17-10(19)20-8/h2-4H,15H2,1H3. The Hall–Kier alpha value is -2.16. The maximum absolute atomic E-state index is 12.7. The molecule has 0 radical (unpaired) electrons. The van der Waals surface area contributed by atoms with Gasteiger partial charge in [0.15, 0.2) is 0 Å². The van der Waals surface area contributed by atoms with E-state index in [1.807, 2.05) is 6.92 Å². The van der Waals surface area contributed by atoms with E-state index in [0.29, 0.717) is 20.8 Å². The quantitative estimate of drug-likeness (QED) is 0.701.